The summed E-state index contributed by atoms with van der Waals surface area (Å²) in [5, 5.41) is 0. The molecule has 11 heavy (non-hydrogen) atoms. The topological polar surface area (TPSA) is 12.9 Å². The maximum absolute atomic E-state index is 4.17. The Morgan fingerprint density at radius 3 is 1.64 bits per heavy atom. The van der Waals surface area contributed by atoms with E-state index in [1.165, 1.54) is 0 Å². The molecule has 1 nitrogen and oxygen atoms in total. The maximum atomic E-state index is 4.17. The van der Waals surface area contributed by atoms with Crippen molar-refractivity contribution in [3.8, 4) is 0 Å². The average Bonchev–Trinajstić information content (AvgIpc) is 1.97. The van der Waals surface area contributed by atoms with Crippen LogP contribution in [0.4, 0.5) is 0 Å². The second-order valence-electron chi connectivity index (χ2n) is 1.95. The zero-order chi connectivity index (χ0) is 8.59. The second kappa shape index (κ2) is 3.85. The SMILES string of the molecule is Cc1c(Br)c(Br)nc(Br)c1Br. The van der Waals surface area contributed by atoms with Crippen molar-refractivity contribution in [2.24, 2.45) is 0 Å². The van der Waals surface area contributed by atoms with Gasteiger partial charge in [0, 0.05) is 0 Å². The zero-order valence-electron chi connectivity index (χ0n) is 5.46. The molecule has 0 atom stereocenters. The van der Waals surface area contributed by atoms with E-state index in [1.807, 2.05) is 6.92 Å². The van der Waals surface area contributed by atoms with Crippen molar-refractivity contribution >= 4 is 63.7 Å². The van der Waals surface area contributed by atoms with Gasteiger partial charge < -0.3 is 0 Å². The third-order valence-corrected chi connectivity index (χ3v) is 5.37. The Hall–Kier alpha value is 1.07. The van der Waals surface area contributed by atoms with Crippen molar-refractivity contribution in [2.45, 2.75) is 6.92 Å². The first-order chi connectivity index (χ1) is 5.04. The monoisotopic (exact) mass is 405 g/mol. The number of hydrogen-bond donors (Lipinski definition) is 0. The standard InChI is InChI=1S/C6H3Br4N/c1-2-3(7)5(9)11-6(10)4(2)8/h1H3. The van der Waals surface area contributed by atoms with Crippen LogP contribution < -0.4 is 0 Å². The fraction of sp³-hybridized carbons (Fsp3) is 0.167. The first-order valence-electron chi connectivity index (χ1n) is 2.70. The molecule has 0 aliphatic carbocycles. The van der Waals surface area contributed by atoms with Gasteiger partial charge in [0.2, 0.25) is 0 Å². The van der Waals surface area contributed by atoms with E-state index < -0.39 is 0 Å². The molecule has 0 N–H and O–H groups in total. The Morgan fingerprint density at radius 2 is 1.27 bits per heavy atom. The van der Waals surface area contributed by atoms with Gasteiger partial charge in [0.1, 0.15) is 9.21 Å². The van der Waals surface area contributed by atoms with Gasteiger partial charge in [-0.05, 0) is 76.2 Å². The quantitative estimate of drug-likeness (QED) is 0.578. The van der Waals surface area contributed by atoms with Crippen LogP contribution in [-0.2, 0) is 0 Å². The number of hydrogen-bond acceptors (Lipinski definition) is 1. The fourth-order valence-electron chi connectivity index (χ4n) is 0.590. The number of rotatable bonds is 0. The first-order valence-corrected chi connectivity index (χ1v) is 5.88. The van der Waals surface area contributed by atoms with Crippen LogP contribution in [0.25, 0.3) is 0 Å². The molecule has 1 aromatic heterocycles. The summed E-state index contributed by atoms with van der Waals surface area (Å²) in [6, 6.07) is 0. The molecule has 0 fully saturated rings. The van der Waals surface area contributed by atoms with Gasteiger partial charge in [0.25, 0.3) is 0 Å². The summed E-state index contributed by atoms with van der Waals surface area (Å²) in [6.07, 6.45) is 0. The Bertz CT molecular complexity index is 271. The van der Waals surface area contributed by atoms with E-state index in [2.05, 4.69) is 68.7 Å². The number of halogens is 4. The van der Waals surface area contributed by atoms with Crippen molar-refractivity contribution in [1.82, 2.24) is 4.98 Å². The van der Waals surface area contributed by atoms with Crippen LogP contribution >= 0.6 is 63.7 Å². The summed E-state index contributed by atoms with van der Waals surface area (Å²) in [4.78, 5) is 4.17. The summed E-state index contributed by atoms with van der Waals surface area (Å²) in [6.45, 7) is 2.01. The molecule has 0 bridgehead atoms. The first kappa shape index (κ1) is 10.2. The highest BCUT2D eigenvalue weighted by atomic mass is 79.9. The lowest BCUT2D eigenvalue weighted by Crippen LogP contribution is -1.87. The minimum Gasteiger partial charge on any atom is -0.232 e. The molecule has 0 aromatic carbocycles. The Kier molecular flexibility index (Phi) is 3.56. The predicted octanol–water partition coefficient (Wildman–Crippen LogP) is 4.44. The lowest BCUT2D eigenvalue weighted by Gasteiger charge is -2.04. The molecule has 0 aliphatic heterocycles. The third-order valence-electron chi connectivity index (χ3n) is 1.22. The molecule has 0 amide bonds. The molecule has 0 saturated heterocycles. The van der Waals surface area contributed by atoms with E-state index in [0.29, 0.717) is 0 Å². The van der Waals surface area contributed by atoms with Gasteiger partial charge in [-0.2, -0.15) is 0 Å². The van der Waals surface area contributed by atoms with Crippen LogP contribution in [-0.4, -0.2) is 4.98 Å². The summed E-state index contributed by atoms with van der Waals surface area (Å²) >= 11 is 13.5. The van der Waals surface area contributed by atoms with E-state index in [9.17, 15) is 0 Å². The molecule has 0 radical (unpaired) electrons. The maximum Gasteiger partial charge on any atom is 0.121 e. The summed E-state index contributed by atoms with van der Waals surface area (Å²) in [5.41, 5.74) is 1.12. The lowest BCUT2D eigenvalue weighted by molar-refractivity contribution is 1.15. The van der Waals surface area contributed by atoms with E-state index in [0.717, 1.165) is 23.7 Å². The van der Waals surface area contributed by atoms with Gasteiger partial charge in [-0.1, -0.05) is 0 Å². The van der Waals surface area contributed by atoms with E-state index in [4.69, 9.17) is 0 Å². The van der Waals surface area contributed by atoms with Crippen LogP contribution in [0.2, 0.25) is 0 Å². The Balaban J connectivity index is 3.46. The number of aromatic nitrogens is 1. The number of pyridine rings is 1. The van der Waals surface area contributed by atoms with Gasteiger partial charge >= 0.3 is 0 Å². The van der Waals surface area contributed by atoms with Crippen molar-refractivity contribution in [2.75, 3.05) is 0 Å². The van der Waals surface area contributed by atoms with Gasteiger partial charge in [-0.3, -0.25) is 0 Å². The summed E-state index contributed by atoms with van der Waals surface area (Å²) < 4.78 is 3.58. The average molecular weight is 409 g/mol. The molecule has 0 aliphatic rings. The molecular weight excluding hydrogens is 406 g/mol. The minimum absolute atomic E-state index is 0.810. The van der Waals surface area contributed by atoms with Crippen molar-refractivity contribution in [3.05, 3.63) is 23.7 Å². The molecule has 60 valence electrons. The van der Waals surface area contributed by atoms with Gasteiger partial charge in [0.15, 0.2) is 0 Å². The van der Waals surface area contributed by atoms with E-state index >= 15 is 0 Å². The third kappa shape index (κ3) is 2.05. The summed E-state index contributed by atoms with van der Waals surface area (Å²) in [7, 11) is 0. The summed E-state index contributed by atoms with van der Waals surface area (Å²) in [5.74, 6) is 0. The normalized spacial score (nSPS) is 10.3. The zero-order valence-corrected chi connectivity index (χ0v) is 11.8. The molecule has 1 rings (SSSR count). The molecule has 1 aromatic rings. The lowest BCUT2D eigenvalue weighted by atomic mass is 10.3. The molecule has 1 heterocycles. The van der Waals surface area contributed by atoms with Crippen LogP contribution in [0.1, 0.15) is 5.56 Å². The highest BCUT2D eigenvalue weighted by Crippen LogP contribution is 2.34. The van der Waals surface area contributed by atoms with Gasteiger partial charge in [-0.15, -0.1) is 0 Å². The molecule has 0 unspecified atom stereocenters. The Labute approximate surface area is 98.5 Å². The predicted molar refractivity (Wildman–Crippen MR) is 59.8 cm³/mol. The Morgan fingerprint density at radius 1 is 0.909 bits per heavy atom. The van der Waals surface area contributed by atoms with Crippen molar-refractivity contribution in [1.29, 1.82) is 0 Å². The molecule has 5 heteroatoms. The van der Waals surface area contributed by atoms with Crippen LogP contribution in [0.5, 0.6) is 0 Å². The van der Waals surface area contributed by atoms with Crippen molar-refractivity contribution in [3.63, 3.8) is 0 Å². The highest BCUT2D eigenvalue weighted by Gasteiger charge is 2.09. The highest BCUT2D eigenvalue weighted by molar-refractivity contribution is 9.13. The molecule has 0 spiro atoms. The molecule has 0 saturated carbocycles. The van der Waals surface area contributed by atoms with Gasteiger partial charge in [-0.25, -0.2) is 4.98 Å². The van der Waals surface area contributed by atoms with Crippen LogP contribution in [0, 0.1) is 6.92 Å². The van der Waals surface area contributed by atoms with Crippen molar-refractivity contribution < 1.29 is 0 Å². The largest absolute Gasteiger partial charge is 0.232 e. The van der Waals surface area contributed by atoms with E-state index in [-0.39, 0.29) is 0 Å². The van der Waals surface area contributed by atoms with Gasteiger partial charge in [0.05, 0.1) is 8.95 Å². The smallest absolute Gasteiger partial charge is 0.121 e. The molecular formula is C6H3Br4N. The number of nitrogens with zero attached hydrogens (tertiary/aromatic N) is 1. The fourth-order valence-corrected chi connectivity index (χ4v) is 2.62. The van der Waals surface area contributed by atoms with E-state index in [1.54, 1.807) is 0 Å². The van der Waals surface area contributed by atoms with Crippen LogP contribution in [0.15, 0.2) is 18.2 Å². The van der Waals surface area contributed by atoms with Crippen LogP contribution in [0.3, 0.4) is 0 Å². The minimum atomic E-state index is 0.810. The second-order valence-corrected chi connectivity index (χ2v) is 5.03.